The first kappa shape index (κ1) is 14.5. The Bertz CT molecular complexity index is 264. The predicted octanol–water partition coefficient (Wildman–Crippen LogP) is 1.31. The summed E-state index contributed by atoms with van der Waals surface area (Å²) in [5.41, 5.74) is 0. The molecule has 0 unspecified atom stereocenters. The number of carboxylic acid groups (broad SMARTS) is 1. The van der Waals surface area contributed by atoms with E-state index in [4.69, 9.17) is 5.11 Å². The first-order chi connectivity index (χ1) is 7.38. The van der Waals surface area contributed by atoms with Crippen LogP contribution in [0, 0.1) is 5.92 Å². The lowest BCUT2D eigenvalue weighted by molar-refractivity contribution is -0.139. The average Bonchev–Trinajstić information content (AvgIpc) is 2.16. The lowest BCUT2D eigenvalue weighted by atomic mass is 10.0. The van der Waals surface area contributed by atoms with Gasteiger partial charge in [-0.3, -0.25) is 0 Å². The molecule has 16 heavy (non-hydrogen) atoms. The number of likely N-dealkylation sites (N-methyl/N-ethyl adjacent to an activating group) is 1. The molecule has 0 aromatic rings. The van der Waals surface area contributed by atoms with Gasteiger partial charge in [0.15, 0.2) is 0 Å². The van der Waals surface area contributed by atoms with Crippen molar-refractivity contribution in [2.75, 3.05) is 13.6 Å². The summed E-state index contributed by atoms with van der Waals surface area (Å²) in [6, 6.07) is -1.23. The van der Waals surface area contributed by atoms with E-state index in [2.05, 4.69) is 11.9 Å². The number of amides is 2. The van der Waals surface area contributed by atoms with Gasteiger partial charge in [-0.25, -0.2) is 9.59 Å². The van der Waals surface area contributed by atoms with Crippen molar-refractivity contribution in [3.63, 3.8) is 0 Å². The van der Waals surface area contributed by atoms with Crippen LogP contribution in [0.5, 0.6) is 0 Å². The summed E-state index contributed by atoms with van der Waals surface area (Å²) in [6.45, 7) is 7.72. The van der Waals surface area contributed by atoms with Crippen molar-refractivity contribution >= 4 is 12.0 Å². The van der Waals surface area contributed by atoms with Gasteiger partial charge >= 0.3 is 12.0 Å². The third-order valence-electron chi connectivity index (χ3n) is 2.05. The molecule has 0 aromatic carbocycles. The van der Waals surface area contributed by atoms with Gasteiger partial charge in [-0.1, -0.05) is 19.9 Å². The van der Waals surface area contributed by atoms with E-state index in [0.717, 1.165) is 0 Å². The van der Waals surface area contributed by atoms with Crippen molar-refractivity contribution in [1.29, 1.82) is 0 Å². The standard InChI is InChI=1S/C11H20N2O3/c1-5-6-13(4)11(16)12-9(10(14)15)7-8(2)3/h5,8-9H,1,6-7H2,2-4H3,(H,12,16)(H,14,15)/t9-/m0/s1. The summed E-state index contributed by atoms with van der Waals surface area (Å²) in [5.74, 6) is -0.792. The third-order valence-corrected chi connectivity index (χ3v) is 2.05. The number of hydrogen-bond donors (Lipinski definition) is 2. The van der Waals surface area contributed by atoms with Gasteiger partial charge in [0.1, 0.15) is 6.04 Å². The quantitative estimate of drug-likeness (QED) is 0.673. The van der Waals surface area contributed by atoms with E-state index in [1.165, 1.54) is 4.90 Å². The molecule has 1 atom stereocenters. The SMILES string of the molecule is C=CCN(C)C(=O)N[C@@H](CC(C)C)C(=O)O. The first-order valence-electron chi connectivity index (χ1n) is 5.23. The molecule has 0 rings (SSSR count). The maximum Gasteiger partial charge on any atom is 0.326 e. The minimum atomic E-state index is -1.01. The summed E-state index contributed by atoms with van der Waals surface area (Å²) in [4.78, 5) is 23.8. The monoisotopic (exact) mass is 228 g/mol. The Morgan fingerprint density at radius 3 is 2.44 bits per heavy atom. The van der Waals surface area contributed by atoms with Crippen molar-refractivity contribution in [3.8, 4) is 0 Å². The zero-order valence-corrected chi connectivity index (χ0v) is 10.1. The fraction of sp³-hybridized carbons (Fsp3) is 0.636. The van der Waals surface area contributed by atoms with E-state index < -0.39 is 18.0 Å². The van der Waals surface area contributed by atoms with Gasteiger partial charge in [-0.2, -0.15) is 0 Å². The van der Waals surface area contributed by atoms with E-state index in [9.17, 15) is 9.59 Å². The molecule has 0 saturated carbocycles. The Hall–Kier alpha value is -1.52. The van der Waals surface area contributed by atoms with Crippen molar-refractivity contribution in [3.05, 3.63) is 12.7 Å². The molecule has 5 heteroatoms. The van der Waals surface area contributed by atoms with Crippen LogP contribution in [-0.2, 0) is 4.79 Å². The molecule has 0 aliphatic rings. The lowest BCUT2D eigenvalue weighted by Gasteiger charge is -2.21. The second-order valence-electron chi connectivity index (χ2n) is 4.14. The van der Waals surface area contributed by atoms with Crippen LogP contribution in [0.15, 0.2) is 12.7 Å². The number of carboxylic acids is 1. The molecule has 0 bridgehead atoms. The molecule has 0 saturated heterocycles. The van der Waals surface area contributed by atoms with Gasteiger partial charge in [0.2, 0.25) is 0 Å². The van der Waals surface area contributed by atoms with Gasteiger partial charge in [0.05, 0.1) is 0 Å². The third kappa shape index (κ3) is 5.38. The highest BCUT2D eigenvalue weighted by molar-refractivity contribution is 5.82. The smallest absolute Gasteiger partial charge is 0.326 e. The van der Waals surface area contributed by atoms with Crippen LogP contribution in [0.3, 0.4) is 0 Å². The van der Waals surface area contributed by atoms with Crippen molar-refractivity contribution < 1.29 is 14.7 Å². The zero-order valence-electron chi connectivity index (χ0n) is 10.1. The summed E-state index contributed by atoms with van der Waals surface area (Å²) in [6.07, 6.45) is 2.00. The van der Waals surface area contributed by atoms with Gasteiger partial charge in [-0.15, -0.1) is 6.58 Å². The summed E-state index contributed by atoms with van der Waals surface area (Å²) in [5, 5.41) is 11.4. The maximum absolute atomic E-state index is 11.5. The molecule has 0 radical (unpaired) electrons. The highest BCUT2D eigenvalue weighted by Gasteiger charge is 2.22. The Balaban J connectivity index is 4.33. The fourth-order valence-corrected chi connectivity index (χ4v) is 1.23. The minimum absolute atomic E-state index is 0.214. The minimum Gasteiger partial charge on any atom is -0.480 e. The Morgan fingerprint density at radius 2 is 2.06 bits per heavy atom. The number of hydrogen-bond acceptors (Lipinski definition) is 2. The number of urea groups is 1. The predicted molar refractivity (Wildman–Crippen MR) is 62.2 cm³/mol. The van der Waals surface area contributed by atoms with E-state index in [1.807, 2.05) is 13.8 Å². The van der Waals surface area contributed by atoms with Crippen LogP contribution in [0.2, 0.25) is 0 Å². The van der Waals surface area contributed by atoms with Gasteiger partial charge in [0.25, 0.3) is 0 Å². The van der Waals surface area contributed by atoms with Crippen LogP contribution in [-0.4, -0.2) is 41.6 Å². The topological polar surface area (TPSA) is 69.6 Å². The molecule has 0 spiro atoms. The molecular formula is C11H20N2O3. The molecule has 0 aliphatic heterocycles. The molecule has 0 heterocycles. The second kappa shape index (κ2) is 6.87. The molecule has 2 amide bonds. The van der Waals surface area contributed by atoms with Crippen molar-refractivity contribution in [1.82, 2.24) is 10.2 Å². The summed E-state index contributed by atoms with van der Waals surface area (Å²) >= 11 is 0. The summed E-state index contributed by atoms with van der Waals surface area (Å²) in [7, 11) is 1.59. The van der Waals surface area contributed by atoms with E-state index in [1.54, 1.807) is 13.1 Å². The molecule has 0 aromatic heterocycles. The molecule has 2 N–H and O–H groups in total. The van der Waals surface area contributed by atoms with Gasteiger partial charge in [0, 0.05) is 13.6 Å². The molecule has 5 nitrogen and oxygen atoms in total. The van der Waals surface area contributed by atoms with Crippen LogP contribution < -0.4 is 5.32 Å². The van der Waals surface area contributed by atoms with Crippen LogP contribution in [0.4, 0.5) is 4.79 Å². The highest BCUT2D eigenvalue weighted by atomic mass is 16.4. The Labute approximate surface area is 96.1 Å². The van der Waals surface area contributed by atoms with Crippen LogP contribution in [0.1, 0.15) is 20.3 Å². The van der Waals surface area contributed by atoms with E-state index in [-0.39, 0.29) is 5.92 Å². The number of carbonyl (C=O) groups is 2. The Morgan fingerprint density at radius 1 is 1.50 bits per heavy atom. The van der Waals surface area contributed by atoms with E-state index >= 15 is 0 Å². The van der Waals surface area contributed by atoms with Crippen molar-refractivity contribution in [2.24, 2.45) is 5.92 Å². The largest absolute Gasteiger partial charge is 0.480 e. The van der Waals surface area contributed by atoms with E-state index in [0.29, 0.717) is 13.0 Å². The molecular weight excluding hydrogens is 208 g/mol. The van der Waals surface area contributed by atoms with Gasteiger partial charge < -0.3 is 15.3 Å². The highest BCUT2D eigenvalue weighted by Crippen LogP contribution is 2.05. The van der Waals surface area contributed by atoms with Crippen LogP contribution >= 0.6 is 0 Å². The number of nitrogens with one attached hydrogen (secondary N) is 1. The molecule has 0 fully saturated rings. The Kier molecular flexibility index (Phi) is 6.22. The number of aliphatic carboxylic acids is 1. The summed E-state index contributed by atoms with van der Waals surface area (Å²) < 4.78 is 0. The average molecular weight is 228 g/mol. The first-order valence-corrected chi connectivity index (χ1v) is 5.23. The van der Waals surface area contributed by atoms with Gasteiger partial charge in [-0.05, 0) is 12.3 Å². The van der Waals surface area contributed by atoms with Crippen molar-refractivity contribution in [2.45, 2.75) is 26.3 Å². The molecule has 92 valence electrons. The lowest BCUT2D eigenvalue weighted by Crippen LogP contribution is -2.47. The number of rotatable bonds is 6. The normalized spacial score (nSPS) is 12.0. The van der Waals surface area contributed by atoms with Crippen LogP contribution in [0.25, 0.3) is 0 Å². The maximum atomic E-state index is 11.5. The fourth-order valence-electron chi connectivity index (χ4n) is 1.23. The number of nitrogens with zero attached hydrogens (tertiary/aromatic N) is 1. The number of carbonyl (C=O) groups excluding carboxylic acids is 1. The second-order valence-corrected chi connectivity index (χ2v) is 4.14. The zero-order chi connectivity index (χ0) is 12.7. The molecule has 0 aliphatic carbocycles.